The number of carbonyl (C=O) groups excluding carboxylic acids is 1. The van der Waals surface area contributed by atoms with E-state index in [1.165, 1.54) is 19.4 Å². The van der Waals surface area contributed by atoms with Crippen LogP contribution in [0.4, 0.5) is 11.4 Å². The van der Waals surface area contributed by atoms with Crippen molar-refractivity contribution < 1.29 is 9.53 Å². The summed E-state index contributed by atoms with van der Waals surface area (Å²) >= 11 is 17.7. The Balaban J connectivity index is 2.17. The van der Waals surface area contributed by atoms with E-state index in [1.54, 1.807) is 30.3 Å². The van der Waals surface area contributed by atoms with E-state index in [2.05, 4.69) is 10.6 Å². The fraction of sp³-hybridized carbons (Fsp3) is 0.0588. The number of anilines is 2. The van der Waals surface area contributed by atoms with Crippen molar-refractivity contribution in [2.45, 2.75) is 0 Å². The molecule has 2 rings (SSSR count). The summed E-state index contributed by atoms with van der Waals surface area (Å²) in [5.74, 6) is -0.0859. The molecule has 0 spiro atoms. The van der Waals surface area contributed by atoms with Gasteiger partial charge in [0.25, 0.3) is 5.91 Å². The molecule has 0 aromatic heterocycles. The molecule has 0 radical (unpaired) electrons. The summed E-state index contributed by atoms with van der Waals surface area (Å²) in [6.45, 7) is 0. The molecule has 0 bridgehead atoms. The molecule has 0 aliphatic rings. The molecule has 0 saturated heterocycles. The molecule has 0 unspecified atom stereocenters. The number of carbonyl (C=O) groups is 1. The van der Waals surface area contributed by atoms with Crippen molar-refractivity contribution in [3.05, 3.63) is 63.2 Å². The molecule has 0 saturated carbocycles. The van der Waals surface area contributed by atoms with E-state index >= 15 is 0 Å². The molecule has 0 heterocycles. The highest BCUT2D eigenvalue weighted by molar-refractivity contribution is 6.42. The van der Waals surface area contributed by atoms with Gasteiger partial charge in [0, 0.05) is 16.9 Å². The Hall–Kier alpha value is -2.39. The fourth-order valence-corrected chi connectivity index (χ4v) is 2.33. The zero-order valence-corrected chi connectivity index (χ0v) is 15.2. The Labute approximate surface area is 159 Å². The normalized spacial score (nSPS) is 10.8. The first-order chi connectivity index (χ1) is 11.9. The maximum Gasteiger partial charge on any atom is 0.267 e. The quantitative estimate of drug-likeness (QED) is 0.544. The minimum Gasteiger partial charge on any atom is -0.495 e. The average molecular weight is 397 g/mol. The van der Waals surface area contributed by atoms with Crippen LogP contribution in [-0.4, -0.2) is 13.0 Å². The highest BCUT2D eigenvalue weighted by atomic mass is 35.5. The van der Waals surface area contributed by atoms with Crippen molar-refractivity contribution >= 4 is 52.1 Å². The van der Waals surface area contributed by atoms with E-state index < -0.39 is 5.91 Å². The van der Waals surface area contributed by atoms with E-state index in [0.717, 1.165) is 0 Å². The number of rotatable bonds is 5. The second-order valence-electron chi connectivity index (χ2n) is 4.74. The summed E-state index contributed by atoms with van der Waals surface area (Å²) in [6, 6.07) is 11.4. The van der Waals surface area contributed by atoms with Gasteiger partial charge in [-0.15, -0.1) is 0 Å². The first-order valence-corrected chi connectivity index (χ1v) is 8.04. The lowest BCUT2D eigenvalue weighted by atomic mass is 10.2. The summed E-state index contributed by atoms with van der Waals surface area (Å²) in [6.07, 6.45) is 1.26. The standard InChI is InChI=1S/C17H12Cl3N3O2/c1-25-16-5-2-11(18)6-15(16)22-9-10(8-21)17(24)23-12-3-4-13(19)14(20)7-12/h2-7,9,22H,1H3,(H,23,24)/b10-9-. The van der Waals surface area contributed by atoms with Gasteiger partial charge in [0.2, 0.25) is 0 Å². The maximum absolute atomic E-state index is 12.2. The van der Waals surface area contributed by atoms with E-state index in [1.807, 2.05) is 6.07 Å². The van der Waals surface area contributed by atoms with E-state index in [9.17, 15) is 10.1 Å². The highest BCUT2D eigenvalue weighted by Crippen LogP contribution is 2.28. The third kappa shape index (κ3) is 5.04. The fourth-order valence-electron chi connectivity index (χ4n) is 1.86. The molecule has 2 N–H and O–H groups in total. The lowest BCUT2D eigenvalue weighted by Gasteiger charge is -2.09. The Morgan fingerprint density at radius 1 is 1.16 bits per heavy atom. The molecule has 2 aromatic carbocycles. The molecule has 128 valence electrons. The van der Waals surface area contributed by atoms with Gasteiger partial charge < -0.3 is 15.4 Å². The first-order valence-electron chi connectivity index (χ1n) is 6.91. The van der Waals surface area contributed by atoms with Crippen molar-refractivity contribution in [3.8, 4) is 11.8 Å². The average Bonchev–Trinajstić information content (AvgIpc) is 2.59. The zero-order valence-electron chi connectivity index (χ0n) is 12.9. The topological polar surface area (TPSA) is 74.1 Å². The van der Waals surface area contributed by atoms with Crippen molar-refractivity contribution in [2.75, 3.05) is 17.7 Å². The number of hydrogen-bond acceptors (Lipinski definition) is 4. The highest BCUT2D eigenvalue weighted by Gasteiger charge is 2.11. The zero-order chi connectivity index (χ0) is 18.4. The number of nitriles is 1. The molecule has 8 heteroatoms. The Bertz CT molecular complexity index is 876. The van der Waals surface area contributed by atoms with Gasteiger partial charge in [-0.2, -0.15) is 5.26 Å². The van der Waals surface area contributed by atoms with Crippen LogP contribution in [0, 0.1) is 11.3 Å². The smallest absolute Gasteiger partial charge is 0.267 e. The molecule has 25 heavy (non-hydrogen) atoms. The third-order valence-electron chi connectivity index (χ3n) is 3.08. The number of hydrogen-bond donors (Lipinski definition) is 2. The van der Waals surface area contributed by atoms with Gasteiger partial charge in [0.05, 0.1) is 22.8 Å². The van der Waals surface area contributed by atoms with Crippen LogP contribution in [0.25, 0.3) is 0 Å². The van der Waals surface area contributed by atoms with Crippen LogP contribution < -0.4 is 15.4 Å². The van der Waals surface area contributed by atoms with Crippen molar-refractivity contribution in [1.82, 2.24) is 0 Å². The van der Waals surface area contributed by atoms with Crippen LogP contribution >= 0.6 is 34.8 Å². The molecule has 0 atom stereocenters. The lowest BCUT2D eigenvalue weighted by Crippen LogP contribution is -2.14. The van der Waals surface area contributed by atoms with E-state index in [-0.39, 0.29) is 5.57 Å². The number of nitrogens with one attached hydrogen (secondary N) is 2. The number of nitrogens with zero attached hydrogens (tertiary/aromatic N) is 1. The number of benzene rings is 2. The Morgan fingerprint density at radius 3 is 2.56 bits per heavy atom. The largest absolute Gasteiger partial charge is 0.495 e. The predicted octanol–water partition coefficient (Wildman–Crippen LogP) is 5.11. The molecule has 1 amide bonds. The van der Waals surface area contributed by atoms with Gasteiger partial charge in [-0.3, -0.25) is 4.79 Å². The van der Waals surface area contributed by atoms with Gasteiger partial charge >= 0.3 is 0 Å². The first kappa shape index (κ1) is 18.9. The Kier molecular flexibility index (Phi) is 6.54. The molecular formula is C17H12Cl3N3O2. The van der Waals surface area contributed by atoms with Gasteiger partial charge in [-0.25, -0.2) is 0 Å². The third-order valence-corrected chi connectivity index (χ3v) is 4.05. The van der Waals surface area contributed by atoms with Crippen LogP contribution in [0.5, 0.6) is 5.75 Å². The number of halogens is 3. The van der Waals surface area contributed by atoms with Crippen LogP contribution in [0.2, 0.25) is 15.1 Å². The lowest BCUT2D eigenvalue weighted by molar-refractivity contribution is -0.112. The second kappa shape index (κ2) is 8.63. The summed E-state index contributed by atoms with van der Waals surface area (Å²) < 4.78 is 5.19. The molecule has 0 aliphatic carbocycles. The molecule has 0 fully saturated rings. The number of methoxy groups -OCH3 is 1. The van der Waals surface area contributed by atoms with E-state index in [0.29, 0.717) is 32.2 Å². The van der Waals surface area contributed by atoms with Crippen LogP contribution in [-0.2, 0) is 4.79 Å². The maximum atomic E-state index is 12.2. The van der Waals surface area contributed by atoms with Crippen LogP contribution in [0.3, 0.4) is 0 Å². The van der Waals surface area contributed by atoms with Gasteiger partial charge in [-0.05, 0) is 36.4 Å². The van der Waals surface area contributed by atoms with Gasteiger partial charge in [0.1, 0.15) is 17.4 Å². The van der Waals surface area contributed by atoms with Crippen molar-refractivity contribution in [3.63, 3.8) is 0 Å². The van der Waals surface area contributed by atoms with Crippen LogP contribution in [0.1, 0.15) is 0 Å². The van der Waals surface area contributed by atoms with Gasteiger partial charge in [0.15, 0.2) is 0 Å². The van der Waals surface area contributed by atoms with Crippen molar-refractivity contribution in [2.24, 2.45) is 0 Å². The number of amides is 1. The van der Waals surface area contributed by atoms with Crippen LogP contribution in [0.15, 0.2) is 48.2 Å². The summed E-state index contributed by atoms with van der Waals surface area (Å²) in [5.41, 5.74) is 0.791. The molecule has 0 aliphatic heterocycles. The van der Waals surface area contributed by atoms with Gasteiger partial charge in [-0.1, -0.05) is 34.8 Å². The molecule has 2 aromatic rings. The monoisotopic (exact) mass is 395 g/mol. The second-order valence-corrected chi connectivity index (χ2v) is 5.99. The SMILES string of the molecule is COc1ccc(Cl)cc1N/C=C(/C#N)C(=O)Nc1ccc(Cl)c(Cl)c1. The summed E-state index contributed by atoms with van der Waals surface area (Å²) in [5, 5.41) is 15.8. The summed E-state index contributed by atoms with van der Waals surface area (Å²) in [7, 11) is 1.50. The predicted molar refractivity (Wildman–Crippen MR) is 100 cm³/mol. The minimum absolute atomic E-state index is 0.145. The minimum atomic E-state index is -0.602. The van der Waals surface area contributed by atoms with Crippen molar-refractivity contribution in [1.29, 1.82) is 5.26 Å². The summed E-state index contributed by atoms with van der Waals surface area (Å²) in [4.78, 5) is 12.2. The molecule has 5 nitrogen and oxygen atoms in total. The molecular weight excluding hydrogens is 385 g/mol. The Morgan fingerprint density at radius 2 is 1.92 bits per heavy atom. The van der Waals surface area contributed by atoms with E-state index in [4.69, 9.17) is 39.5 Å². The number of ether oxygens (including phenoxy) is 1.